The van der Waals surface area contributed by atoms with Crippen LogP contribution in [0, 0.1) is 13.8 Å². The van der Waals surface area contributed by atoms with Crippen LogP contribution in [-0.4, -0.2) is 9.97 Å². The van der Waals surface area contributed by atoms with E-state index in [2.05, 4.69) is 47.2 Å². The van der Waals surface area contributed by atoms with Gasteiger partial charge in [0.05, 0.1) is 5.69 Å². The molecule has 1 N–H and O–H groups in total. The van der Waals surface area contributed by atoms with E-state index < -0.39 is 0 Å². The van der Waals surface area contributed by atoms with Crippen molar-refractivity contribution in [3.05, 3.63) is 71.8 Å². The van der Waals surface area contributed by atoms with E-state index in [4.69, 9.17) is 4.74 Å². The summed E-state index contributed by atoms with van der Waals surface area (Å²) in [4.78, 5) is 7.82. The third-order valence-electron chi connectivity index (χ3n) is 3.98. The molecule has 23 heavy (non-hydrogen) atoms. The fraction of sp³-hybridized carbons (Fsp3) is 0.158. The monoisotopic (exact) mass is 304 g/mol. The Morgan fingerprint density at radius 3 is 2.74 bits per heavy atom. The van der Waals surface area contributed by atoms with Crippen LogP contribution in [0.1, 0.15) is 17.1 Å². The van der Waals surface area contributed by atoms with Crippen molar-refractivity contribution in [1.29, 1.82) is 0 Å². The van der Waals surface area contributed by atoms with Gasteiger partial charge in [-0.2, -0.15) is 0 Å². The molecule has 4 rings (SSSR count). The van der Waals surface area contributed by atoms with Gasteiger partial charge in [-0.3, -0.25) is 0 Å². The van der Waals surface area contributed by atoms with Gasteiger partial charge in [-0.05, 0) is 36.8 Å². The zero-order chi connectivity index (χ0) is 15.8. The lowest BCUT2D eigenvalue weighted by molar-refractivity contribution is -0.520. The summed E-state index contributed by atoms with van der Waals surface area (Å²) in [5.74, 6) is 1.72. The zero-order valence-electron chi connectivity index (χ0n) is 13.2. The number of aromatic amines is 1. The molecule has 2 heterocycles. The number of nitrogens with zero attached hydrogens (tertiary/aromatic N) is 2. The van der Waals surface area contributed by atoms with Gasteiger partial charge in [0.2, 0.25) is 0 Å². The summed E-state index contributed by atoms with van der Waals surface area (Å²) >= 11 is 0. The summed E-state index contributed by atoms with van der Waals surface area (Å²) in [5.41, 5.74) is 3.16. The maximum Gasteiger partial charge on any atom is 0.401 e. The van der Waals surface area contributed by atoms with Gasteiger partial charge >= 0.3 is 5.78 Å². The van der Waals surface area contributed by atoms with Crippen LogP contribution in [0.4, 0.5) is 0 Å². The highest BCUT2D eigenvalue weighted by Gasteiger charge is 2.13. The average molecular weight is 304 g/mol. The summed E-state index contributed by atoms with van der Waals surface area (Å²) in [5, 5.41) is 2.40. The Hall–Kier alpha value is -2.88. The van der Waals surface area contributed by atoms with Gasteiger partial charge in [-0.15, -0.1) is 0 Å². The highest BCUT2D eigenvalue weighted by Crippen LogP contribution is 2.21. The van der Waals surface area contributed by atoms with Crippen LogP contribution in [0.5, 0.6) is 5.75 Å². The third-order valence-corrected chi connectivity index (χ3v) is 3.98. The Kier molecular flexibility index (Phi) is 3.23. The second-order valence-electron chi connectivity index (χ2n) is 5.81. The van der Waals surface area contributed by atoms with E-state index in [9.17, 15) is 0 Å². The highest BCUT2D eigenvalue weighted by molar-refractivity contribution is 5.83. The number of fused-ring (bicyclic) bond motifs is 2. The molecular formula is C19H18N3O+. The lowest BCUT2D eigenvalue weighted by Crippen LogP contribution is -2.24. The molecule has 0 bridgehead atoms. The maximum absolute atomic E-state index is 5.93. The van der Waals surface area contributed by atoms with E-state index in [0.29, 0.717) is 6.61 Å². The molecule has 0 fully saturated rings. The molecule has 2 aromatic heterocycles. The van der Waals surface area contributed by atoms with E-state index >= 15 is 0 Å². The molecule has 0 spiro atoms. The van der Waals surface area contributed by atoms with Crippen molar-refractivity contribution in [2.45, 2.75) is 20.5 Å². The SMILES string of the molecule is Cc1cc(C)[n+]2cc(COc3ccc4ccccc4c3)[nH]c2n1. The van der Waals surface area contributed by atoms with Crippen molar-refractivity contribution in [2.24, 2.45) is 0 Å². The van der Waals surface area contributed by atoms with Gasteiger partial charge < -0.3 is 4.74 Å². The second-order valence-corrected chi connectivity index (χ2v) is 5.81. The lowest BCUT2D eigenvalue weighted by Gasteiger charge is -2.05. The summed E-state index contributed by atoms with van der Waals surface area (Å²) in [6.45, 7) is 4.56. The number of rotatable bonds is 3. The predicted molar refractivity (Wildman–Crippen MR) is 89.5 cm³/mol. The zero-order valence-corrected chi connectivity index (χ0v) is 13.2. The molecule has 4 nitrogen and oxygen atoms in total. The summed E-state index contributed by atoms with van der Waals surface area (Å²) in [7, 11) is 0. The molecule has 0 radical (unpaired) electrons. The third kappa shape index (κ3) is 2.63. The number of ether oxygens (including phenoxy) is 1. The fourth-order valence-electron chi connectivity index (χ4n) is 2.87. The molecule has 4 aromatic rings. The minimum Gasteiger partial charge on any atom is -0.486 e. The molecule has 0 saturated heterocycles. The molecule has 0 saturated carbocycles. The van der Waals surface area contributed by atoms with Crippen molar-refractivity contribution in [1.82, 2.24) is 9.97 Å². The Balaban J connectivity index is 1.59. The van der Waals surface area contributed by atoms with E-state index in [1.807, 2.05) is 35.7 Å². The first kappa shape index (κ1) is 13.8. The van der Waals surface area contributed by atoms with Gasteiger partial charge in [0.25, 0.3) is 0 Å². The van der Waals surface area contributed by atoms with Crippen LogP contribution in [0.2, 0.25) is 0 Å². The number of H-pyrrole nitrogens is 1. The van der Waals surface area contributed by atoms with Crippen molar-refractivity contribution >= 4 is 16.6 Å². The van der Waals surface area contributed by atoms with Crippen LogP contribution in [0.3, 0.4) is 0 Å². The Bertz CT molecular complexity index is 1000. The topological polar surface area (TPSA) is 42.0 Å². The van der Waals surface area contributed by atoms with Gasteiger partial charge in [0, 0.05) is 6.07 Å². The first-order valence-electron chi connectivity index (χ1n) is 7.68. The van der Waals surface area contributed by atoms with Crippen LogP contribution in [-0.2, 0) is 6.61 Å². The predicted octanol–water partition coefficient (Wildman–Crippen LogP) is 3.50. The molecule has 0 amide bonds. The largest absolute Gasteiger partial charge is 0.486 e. The van der Waals surface area contributed by atoms with Crippen molar-refractivity contribution in [3.8, 4) is 5.75 Å². The maximum atomic E-state index is 5.93. The first-order chi connectivity index (χ1) is 11.2. The van der Waals surface area contributed by atoms with Gasteiger partial charge in [0.15, 0.2) is 0 Å². The molecule has 0 unspecified atom stereocenters. The summed E-state index contributed by atoms with van der Waals surface area (Å²) in [6.07, 6.45) is 2.04. The Morgan fingerprint density at radius 2 is 1.87 bits per heavy atom. The molecule has 2 aromatic carbocycles. The molecule has 114 valence electrons. The van der Waals surface area contributed by atoms with Gasteiger partial charge in [-0.25, -0.2) is 9.38 Å². The fourth-order valence-corrected chi connectivity index (χ4v) is 2.87. The quantitative estimate of drug-likeness (QED) is 0.589. The van der Waals surface area contributed by atoms with Crippen molar-refractivity contribution < 1.29 is 9.14 Å². The van der Waals surface area contributed by atoms with E-state index in [1.54, 1.807) is 0 Å². The average Bonchev–Trinajstić information content (AvgIpc) is 2.96. The molecule has 0 aliphatic rings. The smallest absolute Gasteiger partial charge is 0.401 e. The molecule has 0 atom stereocenters. The Labute approximate surface area is 134 Å². The lowest BCUT2D eigenvalue weighted by atomic mass is 10.1. The van der Waals surface area contributed by atoms with Crippen LogP contribution in [0.15, 0.2) is 54.7 Å². The minimum atomic E-state index is 0.486. The first-order valence-corrected chi connectivity index (χ1v) is 7.68. The number of nitrogens with one attached hydrogen (secondary N) is 1. The second kappa shape index (κ2) is 5.39. The van der Waals surface area contributed by atoms with E-state index in [1.165, 1.54) is 10.8 Å². The summed E-state index contributed by atoms with van der Waals surface area (Å²) < 4.78 is 7.98. The molecule has 0 aliphatic heterocycles. The van der Waals surface area contributed by atoms with Crippen LogP contribution in [0.25, 0.3) is 16.6 Å². The number of hydrogen-bond donors (Lipinski definition) is 1. The molecule has 4 heteroatoms. The molecule has 0 aliphatic carbocycles. The van der Waals surface area contributed by atoms with Crippen molar-refractivity contribution in [2.75, 3.05) is 0 Å². The van der Waals surface area contributed by atoms with E-state index in [-0.39, 0.29) is 0 Å². The summed E-state index contributed by atoms with van der Waals surface area (Å²) in [6, 6.07) is 16.5. The van der Waals surface area contributed by atoms with Crippen LogP contribution >= 0.6 is 0 Å². The minimum absolute atomic E-state index is 0.486. The number of imidazole rings is 1. The standard InChI is InChI=1S/C19H17N3O/c1-13-9-14(2)22-11-17(21-19(22)20-13)12-23-18-8-7-15-5-3-4-6-16(15)10-18/h3-11H,12H2,1-2H3/p+1. The normalized spacial score (nSPS) is 11.2. The molecular weight excluding hydrogens is 286 g/mol. The van der Waals surface area contributed by atoms with Crippen LogP contribution < -0.4 is 9.14 Å². The van der Waals surface area contributed by atoms with Gasteiger partial charge in [-0.1, -0.05) is 35.3 Å². The Morgan fingerprint density at radius 1 is 1.04 bits per heavy atom. The number of benzene rings is 2. The van der Waals surface area contributed by atoms with Crippen molar-refractivity contribution in [3.63, 3.8) is 0 Å². The highest BCUT2D eigenvalue weighted by atomic mass is 16.5. The van der Waals surface area contributed by atoms with Gasteiger partial charge in [0.1, 0.15) is 29.9 Å². The number of hydrogen-bond acceptors (Lipinski definition) is 2. The number of aryl methyl sites for hydroxylation is 2. The number of aromatic nitrogens is 3. The van der Waals surface area contributed by atoms with E-state index in [0.717, 1.165) is 28.6 Å².